The van der Waals surface area contributed by atoms with Gasteiger partial charge in [-0.15, -0.1) is 11.3 Å². The lowest BCUT2D eigenvalue weighted by Crippen LogP contribution is -2.08. The average Bonchev–Trinajstić information content (AvgIpc) is 2.91. The maximum absolute atomic E-state index is 11.2. The number of carboxylic acids is 1. The van der Waals surface area contributed by atoms with E-state index < -0.39 is 11.9 Å². The Morgan fingerprint density at radius 1 is 1.53 bits per heavy atom. The molecule has 0 fully saturated rings. The highest BCUT2D eigenvalue weighted by Gasteiger charge is 2.32. The molecule has 3 rings (SSSR count). The molecule has 0 saturated carbocycles. The molecule has 2 aromatic rings. The van der Waals surface area contributed by atoms with Gasteiger partial charge < -0.3 is 5.11 Å². The van der Waals surface area contributed by atoms with Crippen molar-refractivity contribution in [3.63, 3.8) is 0 Å². The molecule has 1 N–H and O–H groups in total. The normalized spacial score (nSPS) is 17.5. The molecule has 1 aromatic heterocycles. The number of aryl methyl sites for hydroxylation is 2. The maximum atomic E-state index is 11.2. The fourth-order valence-corrected chi connectivity index (χ4v) is 3.63. The van der Waals surface area contributed by atoms with E-state index >= 15 is 0 Å². The van der Waals surface area contributed by atoms with Crippen molar-refractivity contribution in [2.24, 2.45) is 0 Å². The van der Waals surface area contributed by atoms with E-state index in [9.17, 15) is 4.79 Å². The average molecular weight is 294 g/mol. The molecule has 98 valence electrons. The number of benzene rings is 1. The summed E-state index contributed by atoms with van der Waals surface area (Å²) in [6.07, 6.45) is 1.47. The summed E-state index contributed by atoms with van der Waals surface area (Å²) in [5.41, 5.74) is 2.72. The summed E-state index contributed by atoms with van der Waals surface area (Å²) in [5, 5.41) is 10.7. The van der Waals surface area contributed by atoms with Crippen LogP contribution in [0.15, 0.2) is 18.2 Å². The molecule has 1 aromatic carbocycles. The van der Waals surface area contributed by atoms with Gasteiger partial charge in [-0.1, -0.05) is 23.7 Å². The standard InChI is InChI=1S/C14H12ClNO2S/c1-7-2-3-8(6-10(7)15)13-16-12-9(14(17)18)4-5-11(12)19-13/h2-3,6,9H,4-5H2,1H3,(H,17,18). The molecule has 5 heteroatoms. The first kappa shape index (κ1) is 12.6. The van der Waals surface area contributed by atoms with E-state index in [-0.39, 0.29) is 0 Å². The number of aliphatic carboxylic acids is 1. The quantitative estimate of drug-likeness (QED) is 0.914. The zero-order valence-corrected chi connectivity index (χ0v) is 11.9. The first-order valence-electron chi connectivity index (χ1n) is 6.05. The minimum Gasteiger partial charge on any atom is -0.481 e. The van der Waals surface area contributed by atoms with Gasteiger partial charge in [0.15, 0.2) is 0 Å². The van der Waals surface area contributed by atoms with Crippen molar-refractivity contribution in [1.29, 1.82) is 0 Å². The summed E-state index contributed by atoms with van der Waals surface area (Å²) >= 11 is 7.70. The number of fused-ring (bicyclic) bond motifs is 1. The molecule has 0 aliphatic heterocycles. The summed E-state index contributed by atoms with van der Waals surface area (Å²) < 4.78 is 0. The molecule has 0 radical (unpaired) electrons. The molecule has 1 aliphatic rings. The molecule has 1 aliphatic carbocycles. The Morgan fingerprint density at radius 3 is 3.00 bits per heavy atom. The molecule has 0 spiro atoms. The molecule has 3 nitrogen and oxygen atoms in total. The molecular formula is C14H12ClNO2S. The highest BCUT2D eigenvalue weighted by Crippen LogP contribution is 2.40. The SMILES string of the molecule is Cc1ccc(-c2nc3c(s2)CCC3C(=O)O)cc1Cl. The van der Waals surface area contributed by atoms with Crippen LogP contribution < -0.4 is 0 Å². The van der Waals surface area contributed by atoms with E-state index in [1.807, 2.05) is 25.1 Å². The van der Waals surface area contributed by atoms with E-state index in [0.717, 1.165) is 33.1 Å². The Labute approximate surface area is 119 Å². The number of halogens is 1. The van der Waals surface area contributed by atoms with Crippen molar-refractivity contribution < 1.29 is 9.90 Å². The minimum absolute atomic E-state index is 0.444. The van der Waals surface area contributed by atoms with Crippen LogP contribution in [0.5, 0.6) is 0 Å². The Balaban J connectivity index is 2.02. The van der Waals surface area contributed by atoms with E-state index in [1.54, 1.807) is 11.3 Å². The van der Waals surface area contributed by atoms with Crippen molar-refractivity contribution in [3.8, 4) is 10.6 Å². The largest absolute Gasteiger partial charge is 0.481 e. The van der Waals surface area contributed by atoms with Crippen LogP contribution >= 0.6 is 22.9 Å². The van der Waals surface area contributed by atoms with Gasteiger partial charge in [-0.3, -0.25) is 4.79 Å². The molecule has 0 bridgehead atoms. The van der Waals surface area contributed by atoms with E-state index in [4.69, 9.17) is 16.7 Å². The van der Waals surface area contributed by atoms with Crippen molar-refractivity contribution in [2.75, 3.05) is 0 Å². The Kier molecular flexibility index (Phi) is 3.07. The van der Waals surface area contributed by atoms with E-state index in [0.29, 0.717) is 11.4 Å². The summed E-state index contributed by atoms with van der Waals surface area (Å²) in [6, 6.07) is 5.82. The Bertz CT molecular complexity index is 665. The van der Waals surface area contributed by atoms with Crippen LogP contribution in [0.4, 0.5) is 0 Å². The number of hydrogen-bond acceptors (Lipinski definition) is 3. The topological polar surface area (TPSA) is 50.2 Å². The lowest BCUT2D eigenvalue weighted by atomic mass is 10.1. The van der Waals surface area contributed by atoms with Crippen molar-refractivity contribution in [3.05, 3.63) is 39.4 Å². The fourth-order valence-electron chi connectivity index (χ4n) is 2.32. The first-order chi connectivity index (χ1) is 9.06. The smallest absolute Gasteiger partial charge is 0.312 e. The van der Waals surface area contributed by atoms with Crippen LogP contribution in [0, 0.1) is 6.92 Å². The molecule has 1 atom stereocenters. The number of hydrogen-bond donors (Lipinski definition) is 1. The molecule has 19 heavy (non-hydrogen) atoms. The summed E-state index contributed by atoms with van der Waals surface area (Å²) in [5.74, 6) is -1.22. The molecule has 1 heterocycles. The van der Waals surface area contributed by atoms with Crippen LogP contribution in [0.25, 0.3) is 10.6 Å². The van der Waals surface area contributed by atoms with Crippen LogP contribution in [0.1, 0.15) is 28.5 Å². The van der Waals surface area contributed by atoms with Crippen molar-refractivity contribution >= 4 is 28.9 Å². The van der Waals surface area contributed by atoms with Gasteiger partial charge in [0.25, 0.3) is 0 Å². The third kappa shape index (κ3) is 2.15. The van der Waals surface area contributed by atoms with Crippen molar-refractivity contribution in [2.45, 2.75) is 25.7 Å². The third-order valence-corrected chi connectivity index (χ3v) is 5.02. The molecule has 1 unspecified atom stereocenters. The number of thiazole rings is 1. The van der Waals surface area contributed by atoms with Gasteiger partial charge in [0, 0.05) is 15.5 Å². The summed E-state index contributed by atoms with van der Waals surface area (Å²) in [4.78, 5) is 16.8. The van der Waals surface area contributed by atoms with Gasteiger partial charge in [-0.05, 0) is 31.4 Å². The second-order valence-corrected chi connectivity index (χ2v) is 6.21. The lowest BCUT2D eigenvalue weighted by molar-refractivity contribution is -0.138. The molecule has 0 saturated heterocycles. The Hall–Kier alpha value is -1.39. The van der Waals surface area contributed by atoms with E-state index in [1.165, 1.54) is 0 Å². The second kappa shape index (κ2) is 4.62. The van der Waals surface area contributed by atoms with Crippen LogP contribution in [-0.2, 0) is 11.2 Å². The lowest BCUT2D eigenvalue weighted by Gasteiger charge is -2.03. The van der Waals surface area contributed by atoms with Gasteiger partial charge >= 0.3 is 5.97 Å². The van der Waals surface area contributed by atoms with Gasteiger partial charge in [0.1, 0.15) is 10.9 Å². The summed E-state index contributed by atoms with van der Waals surface area (Å²) in [6.45, 7) is 1.95. The monoisotopic (exact) mass is 293 g/mol. The third-order valence-electron chi connectivity index (χ3n) is 3.43. The zero-order chi connectivity index (χ0) is 13.6. The number of rotatable bonds is 2. The predicted molar refractivity (Wildman–Crippen MR) is 76.0 cm³/mol. The van der Waals surface area contributed by atoms with Gasteiger partial charge in [-0.2, -0.15) is 0 Å². The van der Waals surface area contributed by atoms with Crippen molar-refractivity contribution in [1.82, 2.24) is 4.98 Å². The summed E-state index contributed by atoms with van der Waals surface area (Å²) in [7, 11) is 0. The number of carbonyl (C=O) groups is 1. The van der Waals surface area contributed by atoms with E-state index in [2.05, 4.69) is 4.98 Å². The first-order valence-corrected chi connectivity index (χ1v) is 7.24. The van der Waals surface area contributed by atoms with Gasteiger partial charge in [0.05, 0.1) is 5.69 Å². The van der Waals surface area contributed by atoms with Gasteiger partial charge in [0.2, 0.25) is 0 Å². The highest BCUT2D eigenvalue weighted by molar-refractivity contribution is 7.15. The van der Waals surface area contributed by atoms with Crippen LogP contribution in [-0.4, -0.2) is 16.1 Å². The number of carboxylic acid groups (broad SMARTS) is 1. The second-order valence-electron chi connectivity index (χ2n) is 4.72. The number of aromatic nitrogens is 1. The van der Waals surface area contributed by atoms with Crippen LogP contribution in [0.3, 0.4) is 0 Å². The highest BCUT2D eigenvalue weighted by atomic mass is 35.5. The minimum atomic E-state index is -0.780. The maximum Gasteiger partial charge on any atom is 0.312 e. The Morgan fingerprint density at radius 2 is 2.32 bits per heavy atom. The number of nitrogens with zero attached hydrogens (tertiary/aromatic N) is 1. The van der Waals surface area contributed by atoms with Crippen LogP contribution in [0.2, 0.25) is 5.02 Å². The molecule has 0 amide bonds. The zero-order valence-electron chi connectivity index (χ0n) is 10.3. The predicted octanol–water partition coefficient (Wildman–Crippen LogP) is 3.89. The van der Waals surface area contributed by atoms with Gasteiger partial charge in [-0.25, -0.2) is 4.98 Å². The fraction of sp³-hybridized carbons (Fsp3) is 0.286. The molecular weight excluding hydrogens is 282 g/mol.